The molecule has 4 rings (SSSR count). The van der Waals surface area contributed by atoms with Gasteiger partial charge in [0.2, 0.25) is 0 Å². The number of aromatic nitrogens is 3. The Hall–Kier alpha value is -1.89. The number of halogens is 1. The third-order valence-corrected chi connectivity index (χ3v) is 5.66. The molecule has 138 valence electrons. The van der Waals surface area contributed by atoms with Crippen LogP contribution in [0.25, 0.3) is 0 Å². The first-order chi connectivity index (χ1) is 12.7. The highest BCUT2D eigenvalue weighted by atomic mass is 79.9. The Kier molecular flexibility index (Phi) is 5.24. The van der Waals surface area contributed by atoms with Crippen molar-refractivity contribution < 1.29 is 9.53 Å². The largest absolute Gasteiger partial charge is 0.484 e. The number of carbonyl (C=O) groups is 1. The van der Waals surface area contributed by atoms with Gasteiger partial charge in [-0.15, -0.1) is 10.2 Å². The average molecular weight is 419 g/mol. The van der Waals surface area contributed by atoms with Crippen molar-refractivity contribution in [2.24, 2.45) is 0 Å². The van der Waals surface area contributed by atoms with Gasteiger partial charge in [0.1, 0.15) is 11.6 Å². The standard InChI is InChI=1S/C19H23BrN4O2/c20-14-6-4-7-15(12-14)26-13-18(25)23-11-5-8-16(23)19-22-21-17-9-2-1-3-10-24(17)19/h4,6-7,12,16H,1-3,5,8-11,13H2/t16-/m0/s1. The molecule has 0 spiro atoms. The molecule has 1 amide bonds. The summed E-state index contributed by atoms with van der Waals surface area (Å²) in [6.07, 6.45) is 6.49. The summed E-state index contributed by atoms with van der Waals surface area (Å²) >= 11 is 3.42. The molecular formula is C19H23BrN4O2. The minimum Gasteiger partial charge on any atom is -0.484 e. The van der Waals surface area contributed by atoms with Crippen molar-refractivity contribution in [3.8, 4) is 5.75 Å². The predicted octanol–water partition coefficient (Wildman–Crippen LogP) is 3.51. The second kappa shape index (κ2) is 7.78. The van der Waals surface area contributed by atoms with Crippen LogP contribution in [0.3, 0.4) is 0 Å². The quantitative estimate of drug-likeness (QED) is 0.761. The Labute approximate surface area is 161 Å². The van der Waals surface area contributed by atoms with E-state index in [4.69, 9.17) is 4.74 Å². The number of hydrogen-bond donors (Lipinski definition) is 0. The summed E-state index contributed by atoms with van der Waals surface area (Å²) in [7, 11) is 0. The van der Waals surface area contributed by atoms with Crippen LogP contribution in [0.5, 0.6) is 5.75 Å². The average Bonchev–Trinajstić information content (AvgIpc) is 3.21. The van der Waals surface area contributed by atoms with E-state index in [1.165, 1.54) is 12.8 Å². The summed E-state index contributed by atoms with van der Waals surface area (Å²) in [6.45, 7) is 1.77. The molecule has 1 aromatic carbocycles. The van der Waals surface area contributed by atoms with Gasteiger partial charge in [0.25, 0.3) is 5.91 Å². The molecule has 0 saturated carbocycles. The van der Waals surface area contributed by atoms with Gasteiger partial charge in [0.05, 0.1) is 6.04 Å². The molecule has 1 atom stereocenters. The van der Waals surface area contributed by atoms with Gasteiger partial charge < -0.3 is 14.2 Å². The number of likely N-dealkylation sites (tertiary alicyclic amines) is 1. The molecule has 0 unspecified atom stereocenters. The number of benzene rings is 1. The Morgan fingerprint density at radius 2 is 2.12 bits per heavy atom. The van der Waals surface area contributed by atoms with Crippen LogP contribution in [0.15, 0.2) is 28.7 Å². The van der Waals surface area contributed by atoms with E-state index in [-0.39, 0.29) is 18.6 Å². The zero-order chi connectivity index (χ0) is 17.9. The van der Waals surface area contributed by atoms with E-state index in [1.807, 2.05) is 29.2 Å². The lowest BCUT2D eigenvalue weighted by molar-refractivity contribution is -0.134. The van der Waals surface area contributed by atoms with Crippen LogP contribution in [-0.2, 0) is 17.8 Å². The number of fused-ring (bicyclic) bond motifs is 1. The van der Waals surface area contributed by atoms with Crippen molar-refractivity contribution in [2.45, 2.75) is 51.1 Å². The molecule has 0 N–H and O–H groups in total. The van der Waals surface area contributed by atoms with Gasteiger partial charge in [-0.25, -0.2) is 0 Å². The molecule has 0 aliphatic carbocycles. The van der Waals surface area contributed by atoms with E-state index < -0.39 is 0 Å². The molecule has 2 aromatic rings. The molecule has 2 aliphatic heterocycles. The first-order valence-corrected chi connectivity index (χ1v) is 10.1. The van der Waals surface area contributed by atoms with Crippen molar-refractivity contribution in [3.63, 3.8) is 0 Å². The second-order valence-electron chi connectivity index (χ2n) is 6.93. The topological polar surface area (TPSA) is 60.2 Å². The minimum absolute atomic E-state index is 0.0125. The van der Waals surface area contributed by atoms with Crippen molar-refractivity contribution >= 4 is 21.8 Å². The maximum Gasteiger partial charge on any atom is 0.261 e. The van der Waals surface area contributed by atoms with Gasteiger partial charge in [-0.05, 0) is 43.9 Å². The fourth-order valence-electron chi connectivity index (χ4n) is 3.87. The van der Waals surface area contributed by atoms with E-state index in [2.05, 4.69) is 30.7 Å². The van der Waals surface area contributed by atoms with Crippen LogP contribution in [0.4, 0.5) is 0 Å². The lowest BCUT2D eigenvalue weighted by atomic mass is 10.2. The number of ether oxygens (including phenoxy) is 1. The van der Waals surface area contributed by atoms with Crippen LogP contribution < -0.4 is 4.74 Å². The molecule has 7 heteroatoms. The van der Waals surface area contributed by atoms with Gasteiger partial charge in [-0.1, -0.05) is 28.4 Å². The fourth-order valence-corrected chi connectivity index (χ4v) is 4.25. The SMILES string of the molecule is O=C(COc1cccc(Br)c1)N1CCC[C@H]1c1nnc2n1CCCCC2. The van der Waals surface area contributed by atoms with Gasteiger partial charge in [0, 0.05) is 24.0 Å². The van der Waals surface area contributed by atoms with E-state index in [9.17, 15) is 4.79 Å². The predicted molar refractivity (Wildman–Crippen MR) is 101 cm³/mol. The molecule has 1 saturated heterocycles. The molecule has 26 heavy (non-hydrogen) atoms. The molecule has 1 fully saturated rings. The number of aryl methyl sites for hydroxylation is 1. The maximum absolute atomic E-state index is 12.8. The Morgan fingerprint density at radius 1 is 1.19 bits per heavy atom. The summed E-state index contributed by atoms with van der Waals surface area (Å²) < 4.78 is 8.88. The minimum atomic E-state index is 0.0125. The second-order valence-corrected chi connectivity index (χ2v) is 7.84. The lowest BCUT2D eigenvalue weighted by Gasteiger charge is -2.24. The van der Waals surface area contributed by atoms with Crippen LogP contribution in [-0.4, -0.2) is 38.7 Å². The number of hydrogen-bond acceptors (Lipinski definition) is 4. The van der Waals surface area contributed by atoms with E-state index >= 15 is 0 Å². The molecule has 2 aliphatic rings. The Morgan fingerprint density at radius 3 is 3.00 bits per heavy atom. The molecule has 6 nitrogen and oxygen atoms in total. The third kappa shape index (κ3) is 3.63. The number of rotatable bonds is 4. The number of amides is 1. The molecule has 1 aromatic heterocycles. The number of nitrogens with zero attached hydrogens (tertiary/aromatic N) is 4. The highest BCUT2D eigenvalue weighted by Crippen LogP contribution is 2.32. The van der Waals surface area contributed by atoms with Gasteiger partial charge in [-0.2, -0.15) is 0 Å². The smallest absolute Gasteiger partial charge is 0.261 e. The summed E-state index contributed by atoms with van der Waals surface area (Å²) in [4.78, 5) is 14.7. The van der Waals surface area contributed by atoms with E-state index in [1.54, 1.807) is 0 Å². The Balaban J connectivity index is 1.46. The first kappa shape index (κ1) is 17.5. The highest BCUT2D eigenvalue weighted by Gasteiger charge is 2.34. The summed E-state index contributed by atoms with van der Waals surface area (Å²) in [5, 5.41) is 8.85. The van der Waals surface area contributed by atoms with Crippen molar-refractivity contribution in [1.29, 1.82) is 0 Å². The summed E-state index contributed by atoms with van der Waals surface area (Å²) in [5.74, 6) is 2.73. The van der Waals surface area contributed by atoms with Gasteiger partial charge in [0.15, 0.2) is 12.4 Å². The van der Waals surface area contributed by atoms with Crippen LogP contribution in [0.2, 0.25) is 0 Å². The molecular weight excluding hydrogens is 396 g/mol. The summed E-state index contributed by atoms with van der Waals surface area (Å²) in [5.41, 5.74) is 0. The highest BCUT2D eigenvalue weighted by molar-refractivity contribution is 9.10. The molecule has 0 radical (unpaired) electrons. The van der Waals surface area contributed by atoms with Crippen LogP contribution in [0, 0.1) is 0 Å². The van der Waals surface area contributed by atoms with Crippen molar-refractivity contribution in [3.05, 3.63) is 40.4 Å². The summed E-state index contributed by atoms with van der Waals surface area (Å²) in [6, 6.07) is 7.58. The lowest BCUT2D eigenvalue weighted by Crippen LogP contribution is -2.35. The number of carbonyl (C=O) groups excluding carboxylic acids is 1. The fraction of sp³-hybridized carbons (Fsp3) is 0.526. The van der Waals surface area contributed by atoms with Crippen LogP contribution >= 0.6 is 15.9 Å². The van der Waals surface area contributed by atoms with Crippen molar-refractivity contribution in [2.75, 3.05) is 13.2 Å². The third-order valence-electron chi connectivity index (χ3n) is 5.17. The maximum atomic E-state index is 12.8. The van der Waals surface area contributed by atoms with Gasteiger partial charge >= 0.3 is 0 Å². The van der Waals surface area contributed by atoms with Gasteiger partial charge in [-0.3, -0.25) is 4.79 Å². The monoisotopic (exact) mass is 418 g/mol. The van der Waals surface area contributed by atoms with Crippen LogP contribution in [0.1, 0.15) is 49.8 Å². The van der Waals surface area contributed by atoms with Crippen molar-refractivity contribution in [1.82, 2.24) is 19.7 Å². The molecule has 3 heterocycles. The zero-order valence-corrected chi connectivity index (χ0v) is 16.3. The zero-order valence-electron chi connectivity index (χ0n) is 14.7. The normalized spacial score (nSPS) is 19.9. The van der Waals surface area contributed by atoms with E-state index in [0.717, 1.165) is 54.9 Å². The molecule has 0 bridgehead atoms. The Bertz CT molecular complexity index is 792. The first-order valence-electron chi connectivity index (χ1n) is 9.32. The van der Waals surface area contributed by atoms with E-state index in [0.29, 0.717) is 5.75 Å².